The minimum absolute atomic E-state index is 0.00608. The number of carbonyl (C=O) groups is 3. The van der Waals surface area contributed by atoms with E-state index in [0.29, 0.717) is 39.0 Å². The first kappa shape index (κ1) is 44.5. The van der Waals surface area contributed by atoms with Crippen molar-refractivity contribution in [3.05, 3.63) is 12.2 Å². The highest BCUT2D eigenvalue weighted by atomic mass is 32.2. The first-order valence-corrected chi connectivity index (χ1v) is 21.1. The zero-order chi connectivity index (χ0) is 34.9. The zero-order valence-electron chi connectivity index (χ0n) is 31.5. The van der Waals surface area contributed by atoms with Gasteiger partial charge in [0.25, 0.3) is 5.24 Å². The Hall–Kier alpha value is -1.54. The molecule has 1 saturated heterocycles. The van der Waals surface area contributed by atoms with Crippen LogP contribution < -0.4 is 0 Å². The van der Waals surface area contributed by atoms with Crippen molar-refractivity contribution in [2.24, 2.45) is 0 Å². The molecule has 1 fully saturated rings. The van der Waals surface area contributed by atoms with Crippen LogP contribution in [-0.4, -0.2) is 78.2 Å². The Labute approximate surface area is 300 Å². The lowest BCUT2D eigenvalue weighted by atomic mass is 10.0. The number of likely N-dealkylation sites (tertiary alicyclic amines) is 1. The van der Waals surface area contributed by atoms with Crippen LogP contribution in [0.1, 0.15) is 175 Å². The Bertz CT molecular complexity index is 803. The van der Waals surface area contributed by atoms with Crippen LogP contribution in [0.25, 0.3) is 0 Å². The second-order valence-electron chi connectivity index (χ2n) is 13.7. The Morgan fingerprint density at radius 2 is 1.25 bits per heavy atom. The number of carbonyl (C=O) groups excluding carboxylic acids is 3. The van der Waals surface area contributed by atoms with Crippen LogP contribution in [0.15, 0.2) is 12.2 Å². The average molecular weight is 695 g/mol. The maximum absolute atomic E-state index is 13.2. The summed E-state index contributed by atoms with van der Waals surface area (Å²) in [5, 5.41) is 0.0428. The normalized spacial score (nSPS) is 13.5. The van der Waals surface area contributed by atoms with Crippen LogP contribution in [0.5, 0.6) is 0 Å². The molecular formula is C40H74N2O5S. The standard InChI is InChI=1S/C40H74N2O5S/c1-4-7-10-13-14-17-22-35-46-38(43)28-23-33-42(40(45)48-36-25-32-41-30-20-21-31-41)34-24-29-39(44)47-37(26-18-15-11-8-5-2)27-19-16-12-9-6-3/h17,22,37H,4-16,18-21,23-36H2,1-3H3/b22-17-. The third kappa shape index (κ3) is 26.3. The number of nitrogens with zero attached hydrogens (tertiary/aromatic N) is 2. The van der Waals surface area contributed by atoms with Crippen LogP contribution in [-0.2, 0) is 19.1 Å². The van der Waals surface area contributed by atoms with Gasteiger partial charge in [-0.25, -0.2) is 0 Å². The minimum Gasteiger partial charge on any atom is -0.462 e. The fourth-order valence-electron chi connectivity index (χ4n) is 6.21. The highest BCUT2D eigenvalue weighted by molar-refractivity contribution is 8.13. The van der Waals surface area contributed by atoms with Crippen LogP contribution in [0.2, 0.25) is 0 Å². The van der Waals surface area contributed by atoms with E-state index in [-0.39, 0.29) is 29.7 Å². The van der Waals surface area contributed by atoms with Gasteiger partial charge in [0.2, 0.25) is 0 Å². The Morgan fingerprint density at radius 1 is 0.688 bits per heavy atom. The first-order valence-electron chi connectivity index (χ1n) is 20.1. The molecule has 48 heavy (non-hydrogen) atoms. The molecule has 0 spiro atoms. The molecule has 0 atom stereocenters. The van der Waals surface area contributed by atoms with Crippen molar-refractivity contribution >= 4 is 28.9 Å². The molecule has 1 heterocycles. The molecule has 0 aromatic carbocycles. The zero-order valence-corrected chi connectivity index (χ0v) is 32.3. The summed E-state index contributed by atoms with van der Waals surface area (Å²) in [6.45, 7) is 11.4. The topological polar surface area (TPSA) is 76.1 Å². The second-order valence-corrected chi connectivity index (χ2v) is 14.8. The van der Waals surface area contributed by atoms with Crippen LogP contribution in [0.3, 0.4) is 0 Å². The first-order chi connectivity index (χ1) is 23.5. The van der Waals surface area contributed by atoms with Crippen molar-refractivity contribution in [3.63, 3.8) is 0 Å². The molecule has 1 amide bonds. The molecule has 0 bridgehead atoms. The quantitative estimate of drug-likeness (QED) is 0.0394. The van der Waals surface area contributed by atoms with Crippen molar-refractivity contribution < 1.29 is 23.9 Å². The molecule has 0 unspecified atom stereocenters. The Morgan fingerprint density at radius 3 is 1.85 bits per heavy atom. The van der Waals surface area contributed by atoms with Crippen molar-refractivity contribution in [3.8, 4) is 0 Å². The summed E-state index contributed by atoms with van der Waals surface area (Å²) in [6.07, 6.45) is 29.3. The number of ether oxygens (including phenoxy) is 2. The lowest BCUT2D eigenvalue weighted by molar-refractivity contribution is -0.150. The summed E-state index contributed by atoms with van der Waals surface area (Å²) in [7, 11) is 0. The summed E-state index contributed by atoms with van der Waals surface area (Å²) in [4.78, 5) is 42.8. The number of esters is 2. The molecule has 0 radical (unpaired) electrons. The molecule has 0 saturated carbocycles. The number of rotatable bonds is 32. The summed E-state index contributed by atoms with van der Waals surface area (Å²) in [5.74, 6) is 0.420. The predicted molar refractivity (Wildman–Crippen MR) is 204 cm³/mol. The van der Waals surface area contributed by atoms with Crippen molar-refractivity contribution in [2.45, 2.75) is 181 Å². The maximum Gasteiger partial charge on any atom is 0.306 e. The Kier molecular flexibility index (Phi) is 30.3. The van der Waals surface area contributed by atoms with E-state index in [2.05, 4.69) is 31.7 Å². The third-order valence-electron chi connectivity index (χ3n) is 9.21. The smallest absolute Gasteiger partial charge is 0.306 e. The molecule has 1 aliphatic rings. The lowest BCUT2D eigenvalue weighted by Crippen LogP contribution is -2.31. The van der Waals surface area contributed by atoms with Crippen LogP contribution in [0.4, 0.5) is 4.79 Å². The van der Waals surface area contributed by atoms with Gasteiger partial charge in [-0.2, -0.15) is 0 Å². The van der Waals surface area contributed by atoms with E-state index in [1.807, 2.05) is 11.0 Å². The van der Waals surface area contributed by atoms with Crippen LogP contribution >= 0.6 is 11.8 Å². The van der Waals surface area contributed by atoms with Gasteiger partial charge in [-0.15, -0.1) is 0 Å². The monoisotopic (exact) mass is 695 g/mol. The number of thioether (sulfide) groups is 1. The molecule has 8 heteroatoms. The molecule has 0 aromatic heterocycles. The number of allylic oxidation sites excluding steroid dienone is 1. The number of hydrogen-bond donors (Lipinski definition) is 0. The van der Waals surface area contributed by atoms with Gasteiger partial charge in [0.05, 0.1) is 0 Å². The van der Waals surface area contributed by atoms with E-state index >= 15 is 0 Å². The van der Waals surface area contributed by atoms with Gasteiger partial charge < -0.3 is 19.3 Å². The third-order valence-corrected chi connectivity index (χ3v) is 10.2. The fourth-order valence-corrected chi connectivity index (χ4v) is 7.03. The van der Waals surface area contributed by atoms with E-state index in [4.69, 9.17) is 9.47 Å². The molecule has 7 nitrogen and oxygen atoms in total. The van der Waals surface area contributed by atoms with E-state index in [1.54, 1.807) is 0 Å². The molecular weight excluding hydrogens is 621 g/mol. The van der Waals surface area contributed by atoms with Gasteiger partial charge in [0.15, 0.2) is 0 Å². The number of unbranched alkanes of at least 4 members (excludes halogenated alkanes) is 12. The molecule has 0 aromatic rings. The Balaban J connectivity index is 2.52. The summed E-state index contributed by atoms with van der Waals surface area (Å²) < 4.78 is 11.4. The highest BCUT2D eigenvalue weighted by Gasteiger charge is 2.18. The SMILES string of the molecule is CCCCCC/C=C\COC(=O)CCCN(CCCC(=O)OC(CCCCCCC)CCCCCCC)C(=O)SCCCN1CCCC1. The van der Waals surface area contributed by atoms with Gasteiger partial charge in [0, 0.05) is 31.7 Å². The summed E-state index contributed by atoms with van der Waals surface area (Å²) in [6, 6.07) is 0. The average Bonchev–Trinajstić information content (AvgIpc) is 3.60. The van der Waals surface area contributed by atoms with Gasteiger partial charge in [-0.1, -0.05) is 115 Å². The minimum atomic E-state index is -0.227. The summed E-state index contributed by atoms with van der Waals surface area (Å²) in [5.41, 5.74) is 0. The fraction of sp³-hybridized carbons (Fsp3) is 0.875. The van der Waals surface area contributed by atoms with Crippen molar-refractivity contribution in [1.29, 1.82) is 0 Å². The van der Waals surface area contributed by atoms with Crippen molar-refractivity contribution in [1.82, 2.24) is 9.80 Å². The predicted octanol–water partition coefficient (Wildman–Crippen LogP) is 10.9. The largest absolute Gasteiger partial charge is 0.462 e. The van der Waals surface area contributed by atoms with E-state index in [1.165, 1.54) is 115 Å². The van der Waals surface area contributed by atoms with Gasteiger partial charge >= 0.3 is 11.9 Å². The number of amides is 1. The molecule has 0 aliphatic carbocycles. The molecule has 1 aliphatic heterocycles. The summed E-state index contributed by atoms with van der Waals surface area (Å²) >= 11 is 1.37. The van der Waals surface area contributed by atoms with Gasteiger partial charge in [0.1, 0.15) is 12.7 Å². The number of hydrogen-bond acceptors (Lipinski definition) is 7. The van der Waals surface area contributed by atoms with Crippen LogP contribution in [0, 0.1) is 0 Å². The van der Waals surface area contributed by atoms with E-state index in [9.17, 15) is 14.4 Å². The van der Waals surface area contributed by atoms with Gasteiger partial charge in [-0.3, -0.25) is 14.4 Å². The molecule has 280 valence electrons. The lowest BCUT2D eigenvalue weighted by Gasteiger charge is -2.23. The van der Waals surface area contributed by atoms with E-state index in [0.717, 1.165) is 50.8 Å². The maximum atomic E-state index is 13.2. The van der Waals surface area contributed by atoms with Crippen molar-refractivity contribution in [2.75, 3.05) is 45.1 Å². The highest BCUT2D eigenvalue weighted by Crippen LogP contribution is 2.19. The van der Waals surface area contributed by atoms with E-state index < -0.39 is 0 Å². The van der Waals surface area contributed by atoms with Gasteiger partial charge in [-0.05, 0) is 90.3 Å². The molecule has 1 rings (SSSR count). The second kappa shape index (κ2) is 32.7. The molecule has 0 N–H and O–H groups in total.